The first-order valence-electron chi connectivity index (χ1n) is 8.87. The summed E-state index contributed by atoms with van der Waals surface area (Å²) >= 11 is 0. The van der Waals surface area contributed by atoms with E-state index in [0.29, 0.717) is 11.3 Å². The van der Waals surface area contributed by atoms with E-state index in [4.69, 9.17) is 0 Å². The van der Waals surface area contributed by atoms with Gasteiger partial charge in [-0.2, -0.15) is 0 Å². The molecule has 2 N–H and O–H groups in total. The van der Waals surface area contributed by atoms with Crippen LogP contribution in [0, 0.1) is 5.92 Å². The molecule has 1 amide bonds. The molecule has 2 aromatic rings. The average Bonchev–Trinajstić information content (AvgIpc) is 3.14. The highest BCUT2D eigenvalue weighted by Gasteiger charge is 2.14. The van der Waals surface area contributed by atoms with E-state index < -0.39 is 9.84 Å². The summed E-state index contributed by atoms with van der Waals surface area (Å²) in [5.74, 6) is 0.429. The molecule has 6 heteroatoms. The molecule has 0 bridgehead atoms. The number of amides is 1. The summed E-state index contributed by atoms with van der Waals surface area (Å²) in [6.45, 7) is 0.990. The predicted octanol–water partition coefficient (Wildman–Crippen LogP) is 3.94. The predicted molar refractivity (Wildman–Crippen MR) is 104 cm³/mol. The molecular weight excluding hydrogens is 348 g/mol. The zero-order valence-electron chi connectivity index (χ0n) is 14.9. The Morgan fingerprint density at radius 2 is 1.69 bits per heavy atom. The third kappa shape index (κ3) is 4.85. The molecule has 1 fully saturated rings. The Morgan fingerprint density at radius 3 is 2.35 bits per heavy atom. The Bertz CT molecular complexity index is 870. The zero-order chi connectivity index (χ0) is 18.6. The van der Waals surface area contributed by atoms with Crippen molar-refractivity contribution in [2.75, 3.05) is 23.4 Å². The topological polar surface area (TPSA) is 75.3 Å². The summed E-state index contributed by atoms with van der Waals surface area (Å²) in [7, 11) is -3.34. The second kappa shape index (κ2) is 7.91. The maximum absolute atomic E-state index is 12.4. The summed E-state index contributed by atoms with van der Waals surface area (Å²) in [6, 6.07) is 13.6. The first-order valence-corrected chi connectivity index (χ1v) is 10.8. The third-order valence-corrected chi connectivity index (χ3v) is 5.85. The number of anilines is 2. The molecule has 0 aliphatic heterocycles. The van der Waals surface area contributed by atoms with Crippen LogP contribution in [0.5, 0.6) is 0 Å². The molecule has 1 saturated carbocycles. The van der Waals surface area contributed by atoms with Crippen molar-refractivity contribution in [1.29, 1.82) is 0 Å². The van der Waals surface area contributed by atoms with Crippen molar-refractivity contribution < 1.29 is 13.2 Å². The van der Waals surface area contributed by atoms with Gasteiger partial charge in [-0.1, -0.05) is 18.9 Å². The standard InChI is InChI=1S/C20H24N2O3S/c1-26(24,25)19-8-4-7-16(13-19)20(23)22-18-11-9-17(10-12-18)21-14-15-5-2-3-6-15/h4,7-13,15,21H,2-3,5-6,14H2,1H3,(H,22,23). The van der Waals surface area contributed by atoms with Gasteiger partial charge in [0.25, 0.3) is 5.91 Å². The van der Waals surface area contributed by atoms with Crippen LogP contribution in [0.25, 0.3) is 0 Å². The van der Waals surface area contributed by atoms with Crippen LogP contribution in [-0.4, -0.2) is 27.1 Å². The molecule has 0 aromatic heterocycles. The molecule has 2 aromatic carbocycles. The Balaban J connectivity index is 1.60. The van der Waals surface area contributed by atoms with Gasteiger partial charge in [0.1, 0.15) is 0 Å². The van der Waals surface area contributed by atoms with E-state index in [2.05, 4.69) is 10.6 Å². The summed E-state index contributed by atoms with van der Waals surface area (Å²) in [4.78, 5) is 12.5. The van der Waals surface area contributed by atoms with Gasteiger partial charge in [0.2, 0.25) is 0 Å². The molecular formula is C20H24N2O3S. The lowest BCUT2D eigenvalue weighted by Gasteiger charge is -2.12. The molecule has 3 rings (SSSR count). The molecule has 0 atom stereocenters. The van der Waals surface area contributed by atoms with E-state index in [1.807, 2.05) is 24.3 Å². The SMILES string of the molecule is CS(=O)(=O)c1cccc(C(=O)Nc2ccc(NCC3CCCC3)cc2)c1. The Morgan fingerprint density at radius 1 is 1.04 bits per heavy atom. The van der Waals surface area contributed by atoms with Crippen molar-refractivity contribution in [3.8, 4) is 0 Å². The number of sulfone groups is 1. The lowest BCUT2D eigenvalue weighted by molar-refractivity contribution is 0.102. The van der Waals surface area contributed by atoms with E-state index >= 15 is 0 Å². The van der Waals surface area contributed by atoms with Crippen LogP contribution in [0.2, 0.25) is 0 Å². The van der Waals surface area contributed by atoms with Crippen molar-refractivity contribution in [3.63, 3.8) is 0 Å². The fraction of sp³-hybridized carbons (Fsp3) is 0.350. The minimum absolute atomic E-state index is 0.136. The molecule has 0 spiro atoms. The fourth-order valence-electron chi connectivity index (χ4n) is 3.22. The zero-order valence-corrected chi connectivity index (χ0v) is 15.7. The lowest BCUT2D eigenvalue weighted by Crippen LogP contribution is -2.13. The van der Waals surface area contributed by atoms with Crippen molar-refractivity contribution in [2.24, 2.45) is 5.92 Å². The van der Waals surface area contributed by atoms with Gasteiger partial charge >= 0.3 is 0 Å². The summed E-state index contributed by atoms with van der Waals surface area (Å²) in [5.41, 5.74) is 2.02. The van der Waals surface area contributed by atoms with Crippen LogP contribution in [0.15, 0.2) is 53.4 Å². The highest BCUT2D eigenvalue weighted by atomic mass is 32.2. The van der Waals surface area contributed by atoms with E-state index in [-0.39, 0.29) is 10.8 Å². The molecule has 5 nitrogen and oxygen atoms in total. The Hall–Kier alpha value is -2.34. The van der Waals surface area contributed by atoms with Crippen LogP contribution in [0.3, 0.4) is 0 Å². The van der Waals surface area contributed by atoms with E-state index in [1.165, 1.54) is 37.8 Å². The minimum atomic E-state index is -3.34. The molecule has 0 saturated heterocycles. The van der Waals surface area contributed by atoms with Crippen molar-refractivity contribution >= 4 is 27.1 Å². The van der Waals surface area contributed by atoms with E-state index in [1.54, 1.807) is 12.1 Å². The van der Waals surface area contributed by atoms with Gasteiger partial charge in [-0.05, 0) is 61.2 Å². The monoisotopic (exact) mass is 372 g/mol. The van der Waals surface area contributed by atoms with Gasteiger partial charge in [0.05, 0.1) is 4.90 Å². The number of rotatable bonds is 6. The van der Waals surface area contributed by atoms with Crippen molar-refractivity contribution in [2.45, 2.75) is 30.6 Å². The maximum atomic E-state index is 12.4. The number of hydrogen-bond acceptors (Lipinski definition) is 4. The van der Waals surface area contributed by atoms with Gasteiger partial charge in [0, 0.05) is 29.7 Å². The number of carbonyl (C=O) groups is 1. The largest absolute Gasteiger partial charge is 0.385 e. The number of hydrogen-bond donors (Lipinski definition) is 2. The van der Waals surface area contributed by atoms with Crippen molar-refractivity contribution in [1.82, 2.24) is 0 Å². The average molecular weight is 372 g/mol. The molecule has 138 valence electrons. The van der Waals surface area contributed by atoms with E-state index in [0.717, 1.165) is 24.4 Å². The number of carbonyl (C=O) groups excluding carboxylic acids is 1. The number of benzene rings is 2. The van der Waals surface area contributed by atoms with E-state index in [9.17, 15) is 13.2 Å². The smallest absolute Gasteiger partial charge is 0.255 e. The lowest BCUT2D eigenvalue weighted by atomic mass is 10.1. The molecule has 1 aliphatic carbocycles. The number of nitrogens with one attached hydrogen (secondary N) is 2. The normalized spacial score (nSPS) is 15.0. The van der Waals surface area contributed by atoms with Gasteiger partial charge in [0.15, 0.2) is 9.84 Å². The minimum Gasteiger partial charge on any atom is -0.385 e. The summed E-state index contributed by atoms with van der Waals surface area (Å²) in [5, 5.41) is 6.24. The Labute approximate surface area is 154 Å². The van der Waals surface area contributed by atoms with Gasteiger partial charge in [-0.15, -0.1) is 0 Å². The third-order valence-electron chi connectivity index (χ3n) is 4.74. The van der Waals surface area contributed by atoms with Crippen LogP contribution in [-0.2, 0) is 9.84 Å². The second-order valence-electron chi connectivity index (χ2n) is 6.86. The first kappa shape index (κ1) is 18.5. The van der Waals surface area contributed by atoms with Crippen LogP contribution in [0.4, 0.5) is 11.4 Å². The fourth-order valence-corrected chi connectivity index (χ4v) is 3.89. The van der Waals surface area contributed by atoms with Crippen molar-refractivity contribution in [3.05, 3.63) is 54.1 Å². The maximum Gasteiger partial charge on any atom is 0.255 e. The van der Waals surface area contributed by atoms with Gasteiger partial charge < -0.3 is 10.6 Å². The molecule has 0 heterocycles. The van der Waals surface area contributed by atoms with Crippen LogP contribution < -0.4 is 10.6 Å². The van der Waals surface area contributed by atoms with Crippen LogP contribution >= 0.6 is 0 Å². The highest BCUT2D eigenvalue weighted by Crippen LogP contribution is 2.25. The molecule has 26 heavy (non-hydrogen) atoms. The Kier molecular flexibility index (Phi) is 5.61. The summed E-state index contributed by atoms with van der Waals surface area (Å²) < 4.78 is 23.2. The first-order chi connectivity index (χ1) is 12.4. The molecule has 0 radical (unpaired) electrons. The van der Waals surface area contributed by atoms with Crippen LogP contribution in [0.1, 0.15) is 36.0 Å². The molecule has 1 aliphatic rings. The van der Waals surface area contributed by atoms with Gasteiger partial charge in [-0.3, -0.25) is 4.79 Å². The summed E-state index contributed by atoms with van der Waals surface area (Å²) in [6.07, 6.45) is 6.39. The quantitative estimate of drug-likeness (QED) is 0.805. The van der Waals surface area contributed by atoms with Gasteiger partial charge in [-0.25, -0.2) is 8.42 Å². The molecule has 0 unspecified atom stereocenters. The second-order valence-corrected chi connectivity index (χ2v) is 8.88. The highest BCUT2D eigenvalue weighted by molar-refractivity contribution is 7.90.